The smallest absolute Gasteiger partial charge is 0.0955 e. The fourth-order valence-electron chi connectivity index (χ4n) is 1.65. The number of hydrogen-bond donors (Lipinski definition) is 1. The normalized spacial score (nSPS) is 12.0. The average Bonchev–Trinajstić information content (AvgIpc) is 2.35. The zero-order valence-electron chi connectivity index (χ0n) is 9.95. The number of unbranched alkanes of at least 4 members (excludes halogenated alkanes) is 2. The second-order valence-electron chi connectivity index (χ2n) is 4.04. The fourth-order valence-corrected chi connectivity index (χ4v) is 1.65. The lowest BCUT2D eigenvalue weighted by Crippen LogP contribution is -2.26. The van der Waals surface area contributed by atoms with E-state index in [0.717, 1.165) is 19.4 Å². The van der Waals surface area contributed by atoms with Crippen molar-refractivity contribution in [3.8, 4) is 6.07 Å². The van der Waals surface area contributed by atoms with Crippen LogP contribution < -0.4 is 5.32 Å². The first kappa shape index (κ1) is 12.7. The monoisotopic (exact) mass is 216 g/mol. The highest BCUT2D eigenvalue weighted by Gasteiger charge is 2.05. The van der Waals surface area contributed by atoms with Gasteiger partial charge in [0.15, 0.2) is 0 Å². The molecule has 1 aromatic carbocycles. The second-order valence-corrected chi connectivity index (χ2v) is 4.04. The number of nitrogens with zero attached hydrogens (tertiary/aromatic N) is 1. The predicted molar refractivity (Wildman–Crippen MR) is 66.8 cm³/mol. The minimum absolute atomic E-state index is 0.00763. The van der Waals surface area contributed by atoms with Crippen LogP contribution in [0.15, 0.2) is 30.3 Å². The molecule has 0 fully saturated rings. The van der Waals surface area contributed by atoms with E-state index in [1.165, 1.54) is 18.4 Å². The van der Waals surface area contributed by atoms with Crippen molar-refractivity contribution in [1.82, 2.24) is 5.32 Å². The molecule has 0 aliphatic heterocycles. The highest BCUT2D eigenvalue weighted by atomic mass is 14.9. The molecule has 1 unspecified atom stereocenters. The van der Waals surface area contributed by atoms with Crippen LogP contribution in [0.1, 0.15) is 38.2 Å². The molecule has 1 rings (SSSR count). The maximum Gasteiger partial charge on any atom is 0.0955 e. The lowest BCUT2D eigenvalue weighted by atomic mass is 10.1. The number of hydrogen-bond acceptors (Lipinski definition) is 2. The molecule has 0 aliphatic carbocycles. The van der Waals surface area contributed by atoms with E-state index in [1.807, 2.05) is 18.2 Å². The van der Waals surface area contributed by atoms with Gasteiger partial charge in [-0.3, -0.25) is 5.32 Å². The molecule has 86 valence electrons. The summed E-state index contributed by atoms with van der Waals surface area (Å²) in [5, 5.41) is 12.3. The Morgan fingerprint density at radius 2 is 2.00 bits per heavy atom. The van der Waals surface area contributed by atoms with Gasteiger partial charge in [-0.15, -0.1) is 0 Å². The third kappa shape index (κ3) is 4.95. The first-order valence-corrected chi connectivity index (χ1v) is 6.03. The average molecular weight is 216 g/mol. The van der Waals surface area contributed by atoms with Crippen molar-refractivity contribution >= 4 is 0 Å². The third-order valence-electron chi connectivity index (χ3n) is 2.65. The standard InChI is InChI=1S/C14H20N2/c1-2-3-5-10-14(11-15)16-12-13-8-6-4-7-9-13/h4,6-9,14,16H,2-3,5,10,12H2,1H3. The molecule has 1 aromatic rings. The lowest BCUT2D eigenvalue weighted by molar-refractivity contribution is 0.530. The Labute approximate surface area is 98.3 Å². The first-order chi connectivity index (χ1) is 7.86. The predicted octanol–water partition coefficient (Wildman–Crippen LogP) is 3.25. The number of nitriles is 1. The van der Waals surface area contributed by atoms with E-state index in [0.29, 0.717) is 0 Å². The molecule has 2 heteroatoms. The van der Waals surface area contributed by atoms with E-state index in [1.54, 1.807) is 0 Å². The Balaban J connectivity index is 2.27. The summed E-state index contributed by atoms with van der Waals surface area (Å²) in [6, 6.07) is 12.5. The molecular weight excluding hydrogens is 196 g/mol. The Hall–Kier alpha value is -1.33. The molecule has 0 aliphatic rings. The fraction of sp³-hybridized carbons (Fsp3) is 0.500. The summed E-state index contributed by atoms with van der Waals surface area (Å²) in [4.78, 5) is 0. The minimum Gasteiger partial charge on any atom is -0.298 e. The third-order valence-corrected chi connectivity index (χ3v) is 2.65. The largest absolute Gasteiger partial charge is 0.298 e. The van der Waals surface area contributed by atoms with E-state index in [4.69, 9.17) is 5.26 Å². The van der Waals surface area contributed by atoms with Gasteiger partial charge in [0, 0.05) is 6.54 Å². The van der Waals surface area contributed by atoms with Gasteiger partial charge in [-0.05, 0) is 12.0 Å². The van der Waals surface area contributed by atoms with Crippen LogP contribution in [0.5, 0.6) is 0 Å². The van der Waals surface area contributed by atoms with Crippen molar-refractivity contribution < 1.29 is 0 Å². The Kier molecular flexibility index (Phi) is 6.29. The highest BCUT2D eigenvalue weighted by molar-refractivity contribution is 5.14. The van der Waals surface area contributed by atoms with Crippen molar-refractivity contribution in [2.75, 3.05) is 0 Å². The van der Waals surface area contributed by atoms with Crippen LogP contribution in [0.2, 0.25) is 0 Å². The summed E-state index contributed by atoms with van der Waals surface area (Å²) >= 11 is 0. The summed E-state index contributed by atoms with van der Waals surface area (Å²) in [5.41, 5.74) is 1.23. The van der Waals surface area contributed by atoms with E-state index in [-0.39, 0.29) is 6.04 Å². The van der Waals surface area contributed by atoms with Crippen molar-refractivity contribution in [3.63, 3.8) is 0 Å². The maximum absolute atomic E-state index is 8.99. The topological polar surface area (TPSA) is 35.8 Å². The van der Waals surface area contributed by atoms with Crippen LogP contribution in [-0.2, 0) is 6.54 Å². The molecule has 0 amide bonds. The Morgan fingerprint density at radius 1 is 1.25 bits per heavy atom. The SMILES string of the molecule is CCCCCC(C#N)NCc1ccccc1. The molecular formula is C14H20N2. The molecule has 0 bridgehead atoms. The Bertz CT molecular complexity index is 313. The zero-order chi connectivity index (χ0) is 11.6. The van der Waals surface area contributed by atoms with Crippen LogP contribution in [0.25, 0.3) is 0 Å². The van der Waals surface area contributed by atoms with Gasteiger partial charge in [0.2, 0.25) is 0 Å². The number of benzene rings is 1. The molecule has 0 saturated carbocycles. The summed E-state index contributed by atoms with van der Waals surface area (Å²) in [7, 11) is 0. The van der Waals surface area contributed by atoms with Crippen LogP contribution in [-0.4, -0.2) is 6.04 Å². The van der Waals surface area contributed by atoms with Gasteiger partial charge in [0.25, 0.3) is 0 Å². The van der Waals surface area contributed by atoms with Gasteiger partial charge >= 0.3 is 0 Å². The van der Waals surface area contributed by atoms with Crippen LogP contribution >= 0.6 is 0 Å². The molecule has 0 spiro atoms. The van der Waals surface area contributed by atoms with E-state index < -0.39 is 0 Å². The molecule has 0 saturated heterocycles. The first-order valence-electron chi connectivity index (χ1n) is 6.03. The minimum atomic E-state index is -0.00763. The molecule has 1 atom stereocenters. The van der Waals surface area contributed by atoms with Gasteiger partial charge in [-0.1, -0.05) is 56.5 Å². The summed E-state index contributed by atoms with van der Waals surface area (Å²) < 4.78 is 0. The van der Waals surface area contributed by atoms with Crippen LogP contribution in [0, 0.1) is 11.3 Å². The van der Waals surface area contributed by atoms with Gasteiger partial charge in [0.05, 0.1) is 12.1 Å². The molecule has 0 aromatic heterocycles. The van der Waals surface area contributed by atoms with Crippen LogP contribution in [0.4, 0.5) is 0 Å². The number of nitrogens with one attached hydrogen (secondary N) is 1. The quantitative estimate of drug-likeness (QED) is 0.710. The van der Waals surface area contributed by atoms with Crippen LogP contribution in [0.3, 0.4) is 0 Å². The van der Waals surface area contributed by atoms with E-state index in [9.17, 15) is 0 Å². The molecule has 16 heavy (non-hydrogen) atoms. The van der Waals surface area contributed by atoms with Gasteiger partial charge < -0.3 is 0 Å². The summed E-state index contributed by atoms with van der Waals surface area (Å²) in [6.45, 7) is 2.96. The lowest BCUT2D eigenvalue weighted by Gasteiger charge is -2.10. The molecule has 2 nitrogen and oxygen atoms in total. The van der Waals surface area contributed by atoms with Gasteiger partial charge in [0.1, 0.15) is 0 Å². The highest BCUT2D eigenvalue weighted by Crippen LogP contribution is 2.04. The zero-order valence-corrected chi connectivity index (χ0v) is 9.95. The summed E-state index contributed by atoms with van der Waals surface area (Å²) in [6.07, 6.45) is 4.51. The van der Waals surface area contributed by atoms with Gasteiger partial charge in [-0.25, -0.2) is 0 Å². The maximum atomic E-state index is 8.99. The van der Waals surface area contributed by atoms with Crippen molar-refractivity contribution in [3.05, 3.63) is 35.9 Å². The van der Waals surface area contributed by atoms with E-state index in [2.05, 4.69) is 30.4 Å². The van der Waals surface area contributed by atoms with E-state index >= 15 is 0 Å². The molecule has 1 N–H and O–H groups in total. The van der Waals surface area contributed by atoms with Crippen molar-refractivity contribution in [2.24, 2.45) is 0 Å². The van der Waals surface area contributed by atoms with Gasteiger partial charge in [-0.2, -0.15) is 5.26 Å². The van der Waals surface area contributed by atoms with Crippen molar-refractivity contribution in [2.45, 2.75) is 45.2 Å². The van der Waals surface area contributed by atoms with Crippen molar-refractivity contribution in [1.29, 1.82) is 5.26 Å². The molecule has 0 heterocycles. The second kappa shape index (κ2) is 7.90. The number of rotatable bonds is 7. The summed E-state index contributed by atoms with van der Waals surface area (Å²) in [5.74, 6) is 0. The Morgan fingerprint density at radius 3 is 2.62 bits per heavy atom. The molecule has 0 radical (unpaired) electrons.